The molecule has 0 aromatic carbocycles. The van der Waals surface area contributed by atoms with Gasteiger partial charge in [-0.3, -0.25) is 4.90 Å². The van der Waals surface area contributed by atoms with E-state index >= 15 is 0 Å². The van der Waals surface area contributed by atoms with Crippen LogP contribution in [0.4, 0.5) is 13.2 Å². The fourth-order valence-corrected chi connectivity index (χ4v) is 2.79. The number of aromatic nitrogens is 1. The van der Waals surface area contributed by atoms with Crippen LogP contribution in [0.25, 0.3) is 0 Å². The molecular weight excluding hydrogens is 263 g/mol. The first-order valence-corrected chi connectivity index (χ1v) is 6.79. The molecule has 1 aliphatic heterocycles. The molecule has 3 nitrogen and oxygen atoms in total. The number of halogens is 3. The summed E-state index contributed by atoms with van der Waals surface area (Å²) in [5.74, 6) is 0.312. The van der Waals surface area contributed by atoms with E-state index in [1.165, 1.54) is 4.90 Å². The van der Waals surface area contributed by atoms with E-state index in [4.69, 9.17) is 0 Å². The van der Waals surface area contributed by atoms with Crippen LogP contribution in [0.3, 0.4) is 0 Å². The summed E-state index contributed by atoms with van der Waals surface area (Å²) in [7, 11) is 0. The third kappa shape index (κ3) is 4.55. The van der Waals surface area contributed by atoms with Crippen LogP contribution in [0.15, 0.2) is 11.6 Å². The summed E-state index contributed by atoms with van der Waals surface area (Å²) in [6.45, 7) is 1.75. The minimum atomic E-state index is -4.08. The van der Waals surface area contributed by atoms with Crippen LogP contribution in [0.1, 0.15) is 11.4 Å². The van der Waals surface area contributed by atoms with Gasteiger partial charge in [-0.15, -0.1) is 11.3 Å². The number of alkyl halides is 3. The highest BCUT2D eigenvalue weighted by atomic mass is 32.1. The van der Waals surface area contributed by atoms with E-state index in [-0.39, 0.29) is 0 Å². The molecular formula is C11H16F3N3S. The first kappa shape index (κ1) is 13.8. The van der Waals surface area contributed by atoms with Crippen molar-refractivity contribution in [2.75, 3.05) is 26.2 Å². The van der Waals surface area contributed by atoms with E-state index in [1.807, 2.05) is 5.38 Å². The summed E-state index contributed by atoms with van der Waals surface area (Å²) in [6.07, 6.45) is -1.49. The first-order chi connectivity index (χ1) is 8.53. The van der Waals surface area contributed by atoms with E-state index in [9.17, 15) is 13.2 Å². The fraction of sp³-hybridized carbons (Fsp3) is 0.727. The second kappa shape index (κ2) is 5.99. The highest BCUT2D eigenvalue weighted by molar-refractivity contribution is 7.09. The summed E-state index contributed by atoms with van der Waals surface area (Å²) in [6, 6.07) is 0. The highest BCUT2D eigenvalue weighted by Gasteiger charge is 2.34. The van der Waals surface area contributed by atoms with Gasteiger partial charge in [-0.25, -0.2) is 4.98 Å². The van der Waals surface area contributed by atoms with Gasteiger partial charge >= 0.3 is 6.18 Å². The zero-order chi connectivity index (χ0) is 13.0. The second-order valence-electron chi connectivity index (χ2n) is 4.56. The van der Waals surface area contributed by atoms with Crippen molar-refractivity contribution in [2.45, 2.75) is 19.1 Å². The zero-order valence-corrected chi connectivity index (χ0v) is 10.7. The van der Waals surface area contributed by atoms with E-state index in [2.05, 4.69) is 10.3 Å². The van der Waals surface area contributed by atoms with Gasteiger partial charge < -0.3 is 5.32 Å². The minimum absolute atomic E-state index is 0.312. The number of thiazole rings is 1. The molecule has 0 bridgehead atoms. The quantitative estimate of drug-likeness (QED) is 0.895. The molecule has 1 unspecified atom stereocenters. The Bertz CT molecular complexity index is 353. The Kier molecular flexibility index (Phi) is 4.58. The zero-order valence-electron chi connectivity index (χ0n) is 9.91. The van der Waals surface area contributed by atoms with Crippen LogP contribution >= 0.6 is 11.3 Å². The molecule has 1 saturated heterocycles. The Labute approximate surface area is 108 Å². The van der Waals surface area contributed by atoms with Crippen molar-refractivity contribution >= 4 is 11.3 Å². The standard InChI is InChI=1S/C11H16F3N3S/c12-11(13,14)8-17-3-1-9(7-17)5-15-6-10-16-2-4-18-10/h2,4,9,15H,1,3,5-8H2. The fourth-order valence-electron chi connectivity index (χ4n) is 2.20. The normalized spacial score (nSPS) is 21.6. The minimum Gasteiger partial charge on any atom is -0.310 e. The van der Waals surface area contributed by atoms with Crippen LogP contribution in [-0.4, -0.2) is 42.2 Å². The predicted octanol–water partition coefficient (Wildman–Crippen LogP) is 2.12. The summed E-state index contributed by atoms with van der Waals surface area (Å²) in [4.78, 5) is 5.62. The monoisotopic (exact) mass is 279 g/mol. The lowest BCUT2D eigenvalue weighted by atomic mass is 10.1. The first-order valence-electron chi connectivity index (χ1n) is 5.91. The van der Waals surface area contributed by atoms with E-state index < -0.39 is 12.7 Å². The van der Waals surface area contributed by atoms with E-state index in [0.29, 0.717) is 25.6 Å². The topological polar surface area (TPSA) is 28.2 Å². The summed E-state index contributed by atoms with van der Waals surface area (Å²) in [5, 5.41) is 6.18. The summed E-state index contributed by atoms with van der Waals surface area (Å²) >= 11 is 1.58. The third-order valence-corrected chi connectivity index (χ3v) is 3.75. The Morgan fingerprint density at radius 1 is 1.50 bits per heavy atom. The molecule has 18 heavy (non-hydrogen) atoms. The van der Waals surface area contributed by atoms with Gasteiger partial charge in [-0.05, 0) is 25.4 Å². The average Bonchev–Trinajstić information content (AvgIpc) is 2.88. The third-order valence-electron chi connectivity index (χ3n) is 2.97. The van der Waals surface area contributed by atoms with Crippen molar-refractivity contribution in [3.05, 3.63) is 16.6 Å². The average molecular weight is 279 g/mol. The van der Waals surface area contributed by atoms with Gasteiger partial charge in [0.1, 0.15) is 5.01 Å². The number of rotatable bonds is 5. The number of nitrogens with one attached hydrogen (secondary N) is 1. The van der Waals surface area contributed by atoms with Crippen molar-refractivity contribution in [1.29, 1.82) is 0 Å². The molecule has 0 amide bonds. The maximum absolute atomic E-state index is 12.2. The SMILES string of the molecule is FC(F)(F)CN1CCC(CNCc2nccs2)C1. The van der Waals surface area contributed by atoms with Crippen molar-refractivity contribution < 1.29 is 13.2 Å². The number of hydrogen-bond donors (Lipinski definition) is 1. The lowest BCUT2D eigenvalue weighted by Crippen LogP contribution is -2.33. The van der Waals surface area contributed by atoms with Gasteiger partial charge in [0, 0.05) is 24.7 Å². The Balaban J connectivity index is 1.64. The Morgan fingerprint density at radius 2 is 2.33 bits per heavy atom. The molecule has 1 aromatic rings. The number of hydrogen-bond acceptors (Lipinski definition) is 4. The molecule has 2 heterocycles. The number of nitrogens with zero attached hydrogens (tertiary/aromatic N) is 2. The van der Waals surface area contributed by atoms with Crippen LogP contribution < -0.4 is 5.32 Å². The van der Waals surface area contributed by atoms with Gasteiger partial charge in [-0.1, -0.05) is 0 Å². The van der Waals surface area contributed by atoms with Crippen molar-refractivity contribution in [3.63, 3.8) is 0 Å². The van der Waals surface area contributed by atoms with Gasteiger partial charge in [-0.2, -0.15) is 13.2 Å². The number of likely N-dealkylation sites (tertiary alicyclic amines) is 1. The largest absolute Gasteiger partial charge is 0.401 e. The molecule has 2 rings (SSSR count). The molecule has 1 fully saturated rings. The molecule has 1 atom stereocenters. The molecule has 1 N–H and O–H groups in total. The Hall–Kier alpha value is -0.660. The molecule has 1 aliphatic rings. The smallest absolute Gasteiger partial charge is 0.310 e. The van der Waals surface area contributed by atoms with Crippen molar-refractivity contribution in [2.24, 2.45) is 5.92 Å². The van der Waals surface area contributed by atoms with Gasteiger partial charge in [0.05, 0.1) is 6.54 Å². The summed E-state index contributed by atoms with van der Waals surface area (Å²) < 4.78 is 36.6. The molecule has 0 aliphatic carbocycles. The van der Waals surface area contributed by atoms with Gasteiger partial charge in [0.15, 0.2) is 0 Å². The molecule has 0 saturated carbocycles. The summed E-state index contributed by atoms with van der Waals surface area (Å²) in [5.41, 5.74) is 0. The van der Waals surface area contributed by atoms with Crippen LogP contribution in [0, 0.1) is 5.92 Å². The maximum atomic E-state index is 12.2. The second-order valence-corrected chi connectivity index (χ2v) is 5.54. The van der Waals surface area contributed by atoms with Crippen LogP contribution in [0.5, 0.6) is 0 Å². The Morgan fingerprint density at radius 3 is 3.00 bits per heavy atom. The predicted molar refractivity (Wildman–Crippen MR) is 64.4 cm³/mol. The van der Waals surface area contributed by atoms with Gasteiger partial charge in [0.25, 0.3) is 0 Å². The molecule has 1 aromatic heterocycles. The van der Waals surface area contributed by atoms with Crippen molar-refractivity contribution in [3.8, 4) is 0 Å². The maximum Gasteiger partial charge on any atom is 0.401 e. The lowest BCUT2D eigenvalue weighted by Gasteiger charge is -2.17. The molecule has 102 valence electrons. The lowest BCUT2D eigenvalue weighted by molar-refractivity contribution is -0.143. The van der Waals surface area contributed by atoms with E-state index in [0.717, 1.165) is 18.0 Å². The molecule has 0 radical (unpaired) electrons. The molecule has 7 heteroatoms. The highest BCUT2D eigenvalue weighted by Crippen LogP contribution is 2.22. The van der Waals surface area contributed by atoms with E-state index in [1.54, 1.807) is 17.5 Å². The van der Waals surface area contributed by atoms with Crippen LogP contribution in [-0.2, 0) is 6.54 Å². The van der Waals surface area contributed by atoms with Crippen molar-refractivity contribution in [1.82, 2.24) is 15.2 Å². The molecule has 0 spiro atoms. The van der Waals surface area contributed by atoms with Crippen LogP contribution in [0.2, 0.25) is 0 Å². The van der Waals surface area contributed by atoms with Gasteiger partial charge in [0.2, 0.25) is 0 Å².